The van der Waals surface area contributed by atoms with Crippen LogP contribution in [0.15, 0.2) is 53.6 Å². The van der Waals surface area contributed by atoms with Gasteiger partial charge in [-0.3, -0.25) is 4.79 Å². The SMILES string of the molecule is Cc1ccccc1/C=N\n1c(N)c(C(=O)NC2CCCCC2)c2nc3ccccc3nc21. The van der Waals surface area contributed by atoms with Crippen LogP contribution in [0.1, 0.15) is 53.6 Å². The number of aryl methyl sites for hydroxylation is 1. The van der Waals surface area contributed by atoms with Crippen LogP contribution in [0.5, 0.6) is 0 Å². The molecule has 1 aliphatic carbocycles. The molecule has 0 spiro atoms. The van der Waals surface area contributed by atoms with Gasteiger partial charge in [-0.15, -0.1) is 0 Å². The number of benzene rings is 2. The number of carbonyl (C=O) groups excluding carboxylic acids is 1. The van der Waals surface area contributed by atoms with Crippen molar-refractivity contribution in [3.05, 3.63) is 65.2 Å². The van der Waals surface area contributed by atoms with Gasteiger partial charge >= 0.3 is 0 Å². The number of nitrogens with zero attached hydrogens (tertiary/aromatic N) is 4. The molecule has 2 aromatic heterocycles. The topological polar surface area (TPSA) is 98.2 Å². The Hall–Kier alpha value is -3.74. The number of hydrogen-bond acceptors (Lipinski definition) is 5. The predicted molar refractivity (Wildman–Crippen MR) is 128 cm³/mol. The van der Waals surface area contributed by atoms with Crippen LogP contribution in [0.25, 0.3) is 22.2 Å². The number of nitrogen functional groups attached to an aromatic ring is 1. The molecule has 1 amide bonds. The van der Waals surface area contributed by atoms with Crippen LogP contribution in [-0.4, -0.2) is 32.8 Å². The van der Waals surface area contributed by atoms with E-state index in [0.29, 0.717) is 22.2 Å². The molecular formula is C25H26N6O. The summed E-state index contributed by atoms with van der Waals surface area (Å²) in [7, 11) is 0. The number of aromatic nitrogens is 3. The van der Waals surface area contributed by atoms with Crippen molar-refractivity contribution in [2.75, 3.05) is 5.73 Å². The minimum absolute atomic E-state index is 0.165. The van der Waals surface area contributed by atoms with Gasteiger partial charge in [-0.05, 0) is 43.0 Å². The normalized spacial score (nSPS) is 15.0. The Morgan fingerprint density at radius 3 is 2.50 bits per heavy atom. The van der Waals surface area contributed by atoms with Crippen molar-refractivity contribution < 1.29 is 4.79 Å². The van der Waals surface area contributed by atoms with Crippen LogP contribution >= 0.6 is 0 Å². The zero-order valence-electron chi connectivity index (χ0n) is 18.1. The zero-order valence-corrected chi connectivity index (χ0v) is 18.1. The molecule has 7 heteroatoms. The third-order valence-corrected chi connectivity index (χ3v) is 6.14. The molecule has 0 unspecified atom stereocenters. The number of anilines is 1. The van der Waals surface area contributed by atoms with Crippen molar-refractivity contribution in [2.24, 2.45) is 5.10 Å². The third-order valence-electron chi connectivity index (χ3n) is 6.14. The predicted octanol–water partition coefficient (Wildman–Crippen LogP) is 4.42. The monoisotopic (exact) mass is 426 g/mol. The summed E-state index contributed by atoms with van der Waals surface area (Å²) in [6.45, 7) is 2.02. The van der Waals surface area contributed by atoms with Gasteiger partial charge in [0, 0.05) is 6.04 Å². The molecule has 0 radical (unpaired) electrons. The van der Waals surface area contributed by atoms with Gasteiger partial charge in [0.1, 0.15) is 16.9 Å². The Balaban J connectivity index is 1.64. The molecule has 5 rings (SSSR count). The number of carbonyl (C=O) groups is 1. The summed E-state index contributed by atoms with van der Waals surface area (Å²) in [5, 5.41) is 7.77. The first-order valence-electron chi connectivity index (χ1n) is 11.1. The Labute approximate surface area is 186 Å². The van der Waals surface area contributed by atoms with Crippen molar-refractivity contribution in [3.8, 4) is 0 Å². The largest absolute Gasteiger partial charge is 0.383 e. The lowest BCUT2D eigenvalue weighted by atomic mass is 9.95. The van der Waals surface area contributed by atoms with Crippen molar-refractivity contribution in [3.63, 3.8) is 0 Å². The van der Waals surface area contributed by atoms with Gasteiger partial charge in [0.15, 0.2) is 5.65 Å². The second-order valence-corrected chi connectivity index (χ2v) is 8.37. The van der Waals surface area contributed by atoms with E-state index in [1.165, 1.54) is 11.1 Å². The summed E-state index contributed by atoms with van der Waals surface area (Å²) in [5.74, 6) is 0.0299. The molecule has 4 aromatic rings. The average molecular weight is 427 g/mol. The lowest BCUT2D eigenvalue weighted by Gasteiger charge is -2.22. The molecular weight excluding hydrogens is 400 g/mol. The molecule has 7 nitrogen and oxygen atoms in total. The van der Waals surface area contributed by atoms with E-state index < -0.39 is 0 Å². The highest BCUT2D eigenvalue weighted by Crippen LogP contribution is 2.28. The number of nitrogens with two attached hydrogens (primary N) is 1. The van der Waals surface area contributed by atoms with Gasteiger partial charge in [-0.1, -0.05) is 55.7 Å². The van der Waals surface area contributed by atoms with E-state index in [9.17, 15) is 4.79 Å². The number of fused-ring (bicyclic) bond motifs is 2. The Bertz CT molecular complexity index is 1330. The first kappa shape index (κ1) is 20.2. The van der Waals surface area contributed by atoms with Crippen molar-refractivity contribution in [2.45, 2.75) is 45.1 Å². The van der Waals surface area contributed by atoms with E-state index in [-0.39, 0.29) is 17.8 Å². The minimum Gasteiger partial charge on any atom is -0.383 e. The molecule has 0 saturated heterocycles. The highest BCUT2D eigenvalue weighted by Gasteiger charge is 2.26. The zero-order chi connectivity index (χ0) is 22.1. The Morgan fingerprint density at radius 1 is 1.06 bits per heavy atom. The van der Waals surface area contributed by atoms with Gasteiger partial charge < -0.3 is 11.1 Å². The highest BCUT2D eigenvalue weighted by molar-refractivity contribution is 6.10. The van der Waals surface area contributed by atoms with E-state index in [1.54, 1.807) is 6.21 Å². The van der Waals surface area contributed by atoms with Crippen LogP contribution in [0.3, 0.4) is 0 Å². The standard InChI is InChI=1S/C25H26N6O/c1-16-9-5-6-10-17(16)15-27-31-23(26)21(25(32)28-18-11-3-2-4-12-18)22-24(31)30-20-14-8-7-13-19(20)29-22/h5-10,13-15,18H,2-4,11-12,26H2,1H3,(H,28,32)/b27-15-. The number of nitrogens with one attached hydrogen (secondary N) is 1. The van der Waals surface area contributed by atoms with E-state index in [2.05, 4.69) is 10.4 Å². The van der Waals surface area contributed by atoms with Gasteiger partial charge in [-0.25, -0.2) is 9.97 Å². The second-order valence-electron chi connectivity index (χ2n) is 8.37. The van der Waals surface area contributed by atoms with Crippen LogP contribution in [0.2, 0.25) is 0 Å². The summed E-state index contributed by atoms with van der Waals surface area (Å²) in [5.41, 5.74) is 11.3. The summed E-state index contributed by atoms with van der Waals surface area (Å²) >= 11 is 0. The van der Waals surface area contributed by atoms with Crippen molar-refractivity contribution in [1.29, 1.82) is 0 Å². The maximum absolute atomic E-state index is 13.3. The first-order valence-corrected chi connectivity index (χ1v) is 11.1. The maximum Gasteiger partial charge on any atom is 0.257 e. The van der Waals surface area contributed by atoms with Crippen LogP contribution in [-0.2, 0) is 0 Å². The summed E-state index contributed by atoms with van der Waals surface area (Å²) < 4.78 is 1.52. The number of amides is 1. The molecule has 2 aromatic carbocycles. The first-order chi connectivity index (χ1) is 15.6. The van der Waals surface area contributed by atoms with Gasteiger partial charge in [0.05, 0.1) is 17.2 Å². The fourth-order valence-electron chi connectivity index (χ4n) is 4.34. The summed E-state index contributed by atoms with van der Waals surface area (Å²) in [6, 6.07) is 15.7. The smallest absolute Gasteiger partial charge is 0.257 e. The van der Waals surface area contributed by atoms with E-state index in [0.717, 1.165) is 42.3 Å². The number of rotatable bonds is 4. The highest BCUT2D eigenvalue weighted by atomic mass is 16.1. The van der Waals surface area contributed by atoms with Crippen LogP contribution in [0, 0.1) is 6.92 Å². The molecule has 1 fully saturated rings. The van der Waals surface area contributed by atoms with E-state index >= 15 is 0 Å². The molecule has 0 bridgehead atoms. The quantitative estimate of drug-likeness (QED) is 0.472. The molecule has 3 N–H and O–H groups in total. The lowest BCUT2D eigenvalue weighted by Crippen LogP contribution is -2.36. The molecule has 1 aliphatic rings. The number of hydrogen-bond donors (Lipinski definition) is 2. The average Bonchev–Trinajstić information content (AvgIpc) is 3.08. The minimum atomic E-state index is -0.214. The third kappa shape index (κ3) is 3.70. The van der Waals surface area contributed by atoms with Crippen LogP contribution in [0.4, 0.5) is 5.82 Å². The lowest BCUT2D eigenvalue weighted by molar-refractivity contribution is 0.0930. The van der Waals surface area contributed by atoms with Crippen LogP contribution < -0.4 is 11.1 Å². The fourth-order valence-corrected chi connectivity index (χ4v) is 4.34. The number of para-hydroxylation sites is 2. The molecule has 0 atom stereocenters. The van der Waals surface area contributed by atoms with E-state index in [4.69, 9.17) is 15.7 Å². The molecule has 2 heterocycles. The van der Waals surface area contributed by atoms with Crippen molar-refractivity contribution in [1.82, 2.24) is 20.0 Å². The van der Waals surface area contributed by atoms with Gasteiger partial charge in [0.25, 0.3) is 5.91 Å². The molecule has 1 saturated carbocycles. The molecule has 162 valence electrons. The fraction of sp³-hybridized carbons (Fsp3) is 0.280. The second kappa shape index (κ2) is 8.42. The summed E-state index contributed by atoms with van der Waals surface area (Å²) in [4.78, 5) is 22.8. The van der Waals surface area contributed by atoms with Gasteiger partial charge in [0.2, 0.25) is 0 Å². The molecule has 32 heavy (non-hydrogen) atoms. The molecule has 0 aliphatic heterocycles. The Kier molecular flexibility index (Phi) is 5.31. The summed E-state index contributed by atoms with van der Waals surface area (Å²) in [6.07, 6.45) is 7.21. The van der Waals surface area contributed by atoms with Crippen molar-refractivity contribution >= 4 is 40.1 Å². The van der Waals surface area contributed by atoms with E-state index in [1.807, 2.05) is 55.5 Å². The maximum atomic E-state index is 13.3. The van der Waals surface area contributed by atoms with Gasteiger partial charge in [-0.2, -0.15) is 9.78 Å². The Morgan fingerprint density at radius 2 is 1.75 bits per heavy atom.